The van der Waals surface area contributed by atoms with E-state index in [-0.39, 0.29) is 17.9 Å². The molecule has 2 aliphatic rings. The number of furan rings is 1. The van der Waals surface area contributed by atoms with Crippen LogP contribution in [0.15, 0.2) is 34.7 Å². The number of hydrogen-bond donors (Lipinski definition) is 2. The van der Waals surface area contributed by atoms with Crippen LogP contribution in [-0.4, -0.2) is 61.5 Å². The van der Waals surface area contributed by atoms with E-state index in [9.17, 15) is 14.4 Å². The SMILES string of the molecule is O=C(NCC1CCN(C(=O)c2cc3ccccc3o2)CC1)C(=O)NCC1CCCO1. The van der Waals surface area contributed by atoms with Gasteiger partial charge in [0, 0.05) is 38.2 Å². The summed E-state index contributed by atoms with van der Waals surface area (Å²) < 4.78 is 11.1. The second-order valence-electron chi connectivity index (χ2n) is 7.94. The van der Waals surface area contributed by atoms with E-state index >= 15 is 0 Å². The molecule has 4 rings (SSSR count). The van der Waals surface area contributed by atoms with E-state index in [4.69, 9.17) is 9.15 Å². The molecule has 0 radical (unpaired) electrons. The van der Waals surface area contributed by atoms with E-state index in [0.717, 1.165) is 31.1 Å². The maximum atomic E-state index is 12.7. The van der Waals surface area contributed by atoms with Crippen LogP contribution in [0.5, 0.6) is 0 Å². The number of hydrogen-bond acceptors (Lipinski definition) is 5. The van der Waals surface area contributed by atoms with Crippen LogP contribution < -0.4 is 10.6 Å². The van der Waals surface area contributed by atoms with Crippen molar-refractivity contribution in [3.63, 3.8) is 0 Å². The van der Waals surface area contributed by atoms with Gasteiger partial charge in [0.1, 0.15) is 5.58 Å². The number of ether oxygens (including phenoxy) is 1. The largest absolute Gasteiger partial charge is 0.451 e. The third-order valence-electron chi connectivity index (χ3n) is 5.81. The molecule has 0 saturated carbocycles. The molecule has 2 N–H and O–H groups in total. The molecule has 1 atom stereocenters. The van der Waals surface area contributed by atoms with Crippen LogP contribution in [0.2, 0.25) is 0 Å². The highest BCUT2D eigenvalue weighted by molar-refractivity contribution is 6.35. The fourth-order valence-electron chi connectivity index (χ4n) is 3.99. The molecule has 2 saturated heterocycles. The van der Waals surface area contributed by atoms with Crippen molar-refractivity contribution in [2.24, 2.45) is 5.92 Å². The summed E-state index contributed by atoms with van der Waals surface area (Å²) in [6.07, 6.45) is 3.45. The van der Waals surface area contributed by atoms with Crippen LogP contribution in [0.4, 0.5) is 0 Å². The van der Waals surface area contributed by atoms with Gasteiger partial charge in [0.15, 0.2) is 5.76 Å². The summed E-state index contributed by atoms with van der Waals surface area (Å²) in [6, 6.07) is 9.33. The Hall–Kier alpha value is -2.87. The third kappa shape index (κ3) is 4.81. The molecule has 160 valence electrons. The Morgan fingerprint density at radius 3 is 2.43 bits per heavy atom. The number of benzene rings is 1. The summed E-state index contributed by atoms with van der Waals surface area (Å²) in [5.41, 5.74) is 0.705. The lowest BCUT2D eigenvalue weighted by Gasteiger charge is -2.31. The van der Waals surface area contributed by atoms with Gasteiger partial charge < -0.3 is 24.7 Å². The molecule has 2 aromatic rings. The van der Waals surface area contributed by atoms with E-state index in [1.165, 1.54) is 0 Å². The molecule has 1 aromatic heterocycles. The molecule has 8 heteroatoms. The summed E-state index contributed by atoms with van der Waals surface area (Å²) in [7, 11) is 0. The lowest BCUT2D eigenvalue weighted by atomic mass is 9.96. The molecule has 2 aliphatic heterocycles. The average Bonchev–Trinajstić information content (AvgIpc) is 3.45. The van der Waals surface area contributed by atoms with Crippen LogP contribution in [0.25, 0.3) is 11.0 Å². The van der Waals surface area contributed by atoms with Crippen molar-refractivity contribution in [3.05, 3.63) is 36.1 Å². The molecule has 30 heavy (non-hydrogen) atoms. The van der Waals surface area contributed by atoms with E-state index < -0.39 is 11.8 Å². The third-order valence-corrected chi connectivity index (χ3v) is 5.81. The highest BCUT2D eigenvalue weighted by Crippen LogP contribution is 2.23. The molecule has 0 bridgehead atoms. The Labute approximate surface area is 174 Å². The van der Waals surface area contributed by atoms with Gasteiger partial charge in [0.2, 0.25) is 0 Å². The summed E-state index contributed by atoms with van der Waals surface area (Å²) in [5.74, 6) is -0.760. The number of likely N-dealkylation sites (tertiary alicyclic amines) is 1. The average molecular weight is 413 g/mol. The van der Waals surface area contributed by atoms with Crippen molar-refractivity contribution in [1.82, 2.24) is 15.5 Å². The molecule has 1 unspecified atom stereocenters. The summed E-state index contributed by atoms with van der Waals surface area (Å²) in [6.45, 7) is 2.71. The van der Waals surface area contributed by atoms with Crippen LogP contribution in [0.3, 0.4) is 0 Å². The maximum absolute atomic E-state index is 12.7. The van der Waals surface area contributed by atoms with Crippen molar-refractivity contribution in [1.29, 1.82) is 0 Å². The smallest absolute Gasteiger partial charge is 0.309 e. The minimum atomic E-state index is -0.622. The highest BCUT2D eigenvalue weighted by atomic mass is 16.5. The number of para-hydroxylation sites is 1. The summed E-state index contributed by atoms with van der Waals surface area (Å²) >= 11 is 0. The minimum absolute atomic E-state index is 0.00960. The van der Waals surface area contributed by atoms with Gasteiger partial charge in [0.05, 0.1) is 6.10 Å². The van der Waals surface area contributed by atoms with Crippen molar-refractivity contribution in [3.8, 4) is 0 Å². The van der Waals surface area contributed by atoms with E-state index in [1.807, 2.05) is 24.3 Å². The summed E-state index contributed by atoms with van der Waals surface area (Å²) in [4.78, 5) is 38.4. The van der Waals surface area contributed by atoms with Gasteiger partial charge >= 0.3 is 11.8 Å². The Kier molecular flexibility index (Phi) is 6.32. The van der Waals surface area contributed by atoms with Crippen molar-refractivity contribution < 1.29 is 23.5 Å². The molecular weight excluding hydrogens is 386 g/mol. The molecule has 3 amide bonds. The highest BCUT2D eigenvalue weighted by Gasteiger charge is 2.26. The Bertz CT molecular complexity index is 877. The zero-order valence-electron chi connectivity index (χ0n) is 16.9. The summed E-state index contributed by atoms with van der Waals surface area (Å²) in [5, 5.41) is 6.24. The van der Waals surface area contributed by atoms with Gasteiger partial charge in [-0.2, -0.15) is 0 Å². The molecule has 0 spiro atoms. The Morgan fingerprint density at radius 1 is 1.00 bits per heavy atom. The normalized spacial score (nSPS) is 19.7. The van der Waals surface area contributed by atoms with E-state index in [0.29, 0.717) is 44.1 Å². The predicted octanol–water partition coefficient (Wildman–Crippen LogP) is 1.70. The first kappa shape index (κ1) is 20.4. The molecule has 0 aliphatic carbocycles. The monoisotopic (exact) mass is 413 g/mol. The number of carbonyl (C=O) groups is 3. The quantitative estimate of drug-likeness (QED) is 0.727. The Morgan fingerprint density at radius 2 is 1.73 bits per heavy atom. The minimum Gasteiger partial charge on any atom is -0.451 e. The molecule has 8 nitrogen and oxygen atoms in total. The van der Waals surface area contributed by atoms with Crippen molar-refractivity contribution >= 4 is 28.7 Å². The number of rotatable bonds is 5. The van der Waals surface area contributed by atoms with Gasteiger partial charge in [-0.15, -0.1) is 0 Å². The predicted molar refractivity (Wildman–Crippen MR) is 110 cm³/mol. The second kappa shape index (κ2) is 9.30. The lowest BCUT2D eigenvalue weighted by molar-refractivity contribution is -0.139. The standard InChI is InChI=1S/C22H27N3O5/c26-20(21(27)24-14-17-5-3-11-29-17)23-13-15-7-9-25(10-8-15)22(28)19-12-16-4-1-2-6-18(16)30-19/h1-2,4,6,12,15,17H,3,5,7-11,13-14H2,(H,23,26)(H,24,27). The number of nitrogens with one attached hydrogen (secondary N) is 2. The first-order valence-electron chi connectivity index (χ1n) is 10.6. The van der Waals surface area contributed by atoms with Crippen LogP contribution in [0, 0.1) is 5.92 Å². The molecule has 1 aromatic carbocycles. The number of carbonyl (C=O) groups excluding carboxylic acids is 3. The fourth-order valence-corrected chi connectivity index (χ4v) is 3.99. The van der Waals surface area contributed by atoms with Gasteiger partial charge in [0.25, 0.3) is 5.91 Å². The van der Waals surface area contributed by atoms with Gasteiger partial charge in [-0.05, 0) is 43.7 Å². The Balaban J connectivity index is 1.19. The van der Waals surface area contributed by atoms with Gasteiger partial charge in [-0.3, -0.25) is 14.4 Å². The molecule has 3 heterocycles. The zero-order chi connectivity index (χ0) is 20.9. The fraction of sp³-hybridized carbons (Fsp3) is 0.500. The number of piperidine rings is 1. The molecule has 2 fully saturated rings. The van der Waals surface area contributed by atoms with Crippen molar-refractivity contribution in [2.45, 2.75) is 31.8 Å². The van der Waals surface area contributed by atoms with Gasteiger partial charge in [-0.1, -0.05) is 18.2 Å². The number of amides is 3. The first-order valence-corrected chi connectivity index (χ1v) is 10.6. The van der Waals surface area contributed by atoms with E-state index in [2.05, 4.69) is 10.6 Å². The number of nitrogens with zero attached hydrogens (tertiary/aromatic N) is 1. The van der Waals surface area contributed by atoms with Crippen LogP contribution >= 0.6 is 0 Å². The number of fused-ring (bicyclic) bond motifs is 1. The first-order chi connectivity index (χ1) is 14.6. The maximum Gasteiger partial charge on any atom is 0.309 e. The topological polar surface area (TPSA) is 101 Å². The van der Waals surface area contributed by atoms with E-state index in [1.54, 1.807) is 11.0 Å². The van der Waals surface area contributed by atoms with Crippen LogP contribution in [-0.2, 0) is 14.3 Å². The lowest BCUT2D eigenvalue weighted by Crippen LogP contribution is -2.46. The zero-order valence-corrected chi connectivity index (χ0v) is 16.9. The van der Waals surface area contributed by atoms with Crippen molar-refractivity contribution in [2.75, 3.05) is 32.8 Å². The molecular formula is C22H27N3O5. The van der Waals surface area contributed by atoms with Crippen LogP contribution in [0.1, 0.15) is 36.2 Å². The van der Waals surface area contributed by atoms with Gasteiger partial charge in [-0.25, -0.2) is 0 Å². The second-order valence-corrected chi connectivity index (χ2v) is 7.94.